The van der Waals surface area contributed by atoms with Crippen molar-refractivity contribution < 1.29 is 27.5 Å². The van der Waals surface area contributed by atoms with Crippen LogP contribution in [0.2, 0.25) is 5.02 Å². The normalized spacial score (nSPS) is 14.1. The zero-order chi connectivity index (χ0) is 26.5. The van der Waals surface area contributed by atoms with Gasteiger partial charge in [-0.3, -0.25) is 13.9 Å². The van der Waals surface area contributed by atoms with Crippen LogP contribution < -0.4 is 19.1 Å². The van der Waals surface area contributed by atoms with Crippen molar-refractivity contribution in [1.82, 2.24) is 10.2 Å². The zero-order valence-corrected chi connectivity index (χ0v) is 22.4. The van der Waals surface area contributed by atoms with Crippen molar-refractivity contribution >= 4 is 39.1 Å². The Morgan fingerprint density at radius 2 is 1.72 bits per heavy atom. The van der Waals surface area contributed by atoms with Crippen LogP contribution >= 0.6 is 11.6 Å². The topological polar surface area (TPSA) is 105 Å². The largest absolute Gasteiger partial charge is 0.454 e. The van der Waals surface area contributed by atoms with Crippen molar-refractivity contribution in [3.05, 3.63) is 53.1 Å². The number of hydrogen-bond donors (Lipinski definition) is 1. The number of hydrogen-bond acceptors (Lipinski definition) is 6. The second-order valence-corrected chi connectivity index (χ2v) is 11.0. The van der Waals surface area contributed by atoms with E-state index in [1.807, 2.05) is 20.8 Å². The molecular formula is C25H32ClN3O6S. The van der Waals surface area contributed by atoms with E-state index in [1.54, 1.807) is 36.4 Å². The first-order valence-corrected chi connectivity index (χ1v) is 14.0. The van der Waals surface area contributed by atoms with Crippen LogP contribution in [0.5, 0.6) is 11.5 Å². The fourth-order valence-corrected chi connectivity index (χ4v) is 4.77. The molecule has 9 nitrogen and oxygen atoms in total. The summed E-state index contributed by atoms with van der Waals surface area (Å²) >= 11 is 6.01. The van der Waals surface area contributed by atoms with Crippen LogP contribution in [-0.4, -0.2) is 56.8 Å². The van der Waals surface area contributed by atoms with E-state index in [4.69, 9.17) is 21.1 Å². The smallest absolute Gasteiger partial charge is 0.244 e. The number of amides is 2. The molecule has 0 fully saturated rings. The Morgan fingerprint density at radius 1 is 1.06 bits per heavy atom. The summed E-state index contributed by atoms with van der Waals surface area (Å²) in [6.07, 6.45) is 2.12. The Balaban J connectivity index is 1.94. The monoisotopic (exact) mass is 537 g/mol. The SMILES string of the molecule is CC[C@H](C(=O)N[C@@H](C)CC)N(Cc1ccc(Cl)cc1)C(=O)CN(c1ccc2c(c1)OCO2)S(C)(=O)=O. The Hall–Kier alpha value is -2.98. The predicted molar refractivity (Wildman–Crippen MR) is 139 cm³/mol. The van der Waals surface area contributed by atoms with Gasteiger partial charge >= 0.3 is 0 Å². The fourth-order valence-electron chi connectivity index (χ4n) is 3.80. The summed E-state index contributed by atoms with van der Waals surface area (Å²) < 4.78 is 37.2. The van der Waals surface area contributed by atoms with Crippen molar-refractivity contribution in [2.24, 2.45) is 0 Å². The lowest BCUT2D eigenvalue weighted by Crippen LogP contribution is -2.53. The number of anilines is 1. The van der Waals surface area contributed by atoms with Crippen LogP contribution in [0.3, 0.4) is 0 Å². The quantitative estimate of drug-likeness (QED) is 0.470. The lowest BCUT2D eigenvalue weighted by atomic mass is 10.1. The van der Waals surface area contributed by atoms with Gasteiger partial charge in [-0.05, 0) is 49.6 Å². The maximum atomic E-state index is 13.7. The molecule has 0 radical (unpaired) electrons. The maximum absolute atomic E-state index is 13.7. The second-order valence-electron chi connectivity index (χ2n) is 8.70. The van der Waals surface area contributed by atoms with Crippen molar-refractivity contribution in [2.75, 3.05) is 23.9 Å². The van der Waals surface area contributed by atoms with Crippen molar-refractivity contribution in [3.8, 4) is 11.5 Å². The molecule has 0 aromatic heterocycles. The summed E-state index contributed by atoms with van der Waals surface area (Å²) in [4.78, 5) is 28.2. The summed E-state index contributed by atoms with van der Waals surface area (Å²) in [5.41, 5.74) is 1.02. The minimum atomic E-state index is -3.85. The number of ether oxygens (including phenoxy) is 2. The molecule has 0 aliphatic carbocycles. The second kappa shape index (κ2) is 11.8. The lowest BCUT2D eigenvalue weighted by Gasteiger charge is -2.33. The Kier molecular flexibility index (Phi) is 9.08. The van der Waals surface area contributed by atoms with Gasteiger partial charge in [-0.2, -0.15) is 0 Å². The number of fused-ring (bicyclic) bond motifs is 1. The van der Waals surface area contributed by atoms with E-state index >= 15 is 0 Å². The Morgan fingerprint density at radius 3 is 2.33 bits per heavy atom. The highest BCUT2D eigenvalue weighted by Crippen LogP contribution is 2.36. The lowest BCUT2D eigenvalue weighted by molar-refractivity contribution is -0.140. The van der Waals surface area contributed by atoms with Crippen molar-refractivity contribution in [3.63, 3.8) is 0 Å². The van der Waals surface area contributed by atoms with Gasteiger partial charge in [0.05, 0.1) is 11.9 Å². The molecule has 0 spiro atoms. The Labute approximate surface area is 217 Å². The third-order valence-corrected chi connectivity index (χ3v) is 7.37. The van der Waals surface area contributed by atoms with E-state index in [-0.39, 0.29) is 31.0 Å². The van der Waals surface area contributed by atoms with Crippen molar-refractivity contribution in [1.29, 1.82) is 0 Å². The molecule has 196 valence electrons. The minimum absolute atomic E-state index is 0.0366. The van der Waals surface area contributed by atoms with Gasteiger partial charge in [0.15, 0.2) is 11.5 Å². The molecule has 0 unspecified atom stereocenters. The van der Waals surface area contributed by atoms with Crippen LogP contribution in [-0.2, 0) is 26.2 Å². The standard InChI is InChI=1S/C25H32ClN3O6S/c1-5-17(3)27-25(31)21(6-2)28(14-18-7-9-19(26)10-8-18)24(30)15-29(36(4,32)33)20-11-12-22-23(13-20)35-16-34-22/h7-13,17,21H,5-6,14-16H2,1-4H3,(H,27,31)/t17-,21+/m0/s1. The third kappa shape index (κ3) is 6.82. The van der Waals surface area contributed by atoms with Crippen LogP contribution in [0.25, 0.3) is 0 Å². The molecule has 0 bridgehead atoms. The fraction of sp³-hybridized carbons (Fsp3) is 0.440. The molecule has 2 atom stereocenters. The van der Waals surface area contributed by atoms with Gasteiger partial charge in [-0.25, -0.2) is 8.42 Å². The summed E-state index contributed by atoms with van der Waals surface area (Å²) in [6.45, 7) is 5.32. The molecule has 0 saturated heterocycles. The van der Waals surface area contributed by atoms with E-state index in [0.29, 0.717) is 22.9 Å². The molecule has 2 amide bonds. The van der Waals surface area contributed by atoms with E-state index in [9.17, 15) is 18.0 Å². The number of carbonyl (C=O) groups excluding carboxylic acids is 2. The van der Waals surface area contributed by atoms with Gasteiger partial charge in [-0.1, -0.05) is 37.6 Å². The van der Waals surface area contributed by atoms with Gasteiger partial charge in [0.1, 0.15) is 12.6 Å². The number of carbonyl (C=O) groups is 2. The number of halogens is 1. The molecule has 2 aromatic rings. The third-order valence-electron chi connectivity index (χ3n) is 5.98. The highest BCUT2D eigenvalue weighted by atomic mass is 35.5. The highest BCUT2D eigenvalue weighted by molar-refractivity contribution is 7.92. The molecular weight excluding hydrogens is 506 g/mol. The number of sulfonamides is 1. The average Bonchev–Trinajstić information content (AvgIpc) is 3.30. The Bertz CT molecular complexity index is 1190. The van der Waals surface area contributed by atoms with E-state index < -0.39 is 28.5 Å². The molecule has 11 heteroatoms. The zero-order valence-electron chi connectivity index (χ0n) is 20.9. The number of nitrogens with one attached hydrogen (secondary N) is 1. The van der Waals surface area contributed by atoms with Crippen LogP contribution in [0.1, 0.15) is 39.2 Å². The van der Waals surface area contributed by atoms with Gasteiger partial charge in [0.25, 0.3) is 0 Å². The molecule has 0 saturated carbocycles. The molecule has 1 heterocycles. The molecule has 3 rings (SSSR count). The summed E-state index contributed by atoms with van der Waals surface area (Å²) in [7, 11) is -3.85. The van der Waals surface area contributed by atoms with Gasteiger partial charge in [0, 0.05) is 23.7 Å². The molecule has 1 aliphatic rings. The van der Waals surface area contributed by atoms with Gasteiger partial charge in [0.2, 0.25) is 28.6 Å². The average molecular weight is 538 g/mol. The van der Waals surface area contributed by atoms with Crippen LogP contribution in [0, 0.1) is 0 Å². The summed E-state index contributed by atoms with van der Waals surface area (Å²) in [5, 5.41) is 3.48. The van der Waals surface area contributed by atoms with E-state index in [0.717, 1.165) is 22.5 Å². The molecule has 1 aliphatic heterocycles. The number of benzene rings is 2. The number of rotatable bonds is 11. The predicted octanol–water partition coefficient (Wildman–Crippen LogP) is 3.56. The summed E-state index contributed by atoms with van der Waals surface area (Å²) in [5.74, 6) is 0.0870. The summed E-state index contributed by atoms with van der Waals surface area (Å²) in [6, 6.07) is 10.8. The number of nitrogens with zero attached hydrogens (tertiary/aromatic N) is 2. The maximum Gasteiger partial charge on any atom is 0.244 e. The first-order valence-electron chi connectivity index (χ1n) is 11.7. The first kappa shape index (κ1) is 27.6. The molecule has 36 heavy (non-hydrogen) atoms. The molecule has 1 N–H and O–H groups in total. The van der Waals surface area contributed by atoms with Crippen LogP contribution in [0.4, 0.5) is 5.69 Å². The van der Waals surface area contributed by atoms with E-state index in [1.165, 1.54) is 11.0 Å². The first-order chi connectivity index (χ1) is 17.0. The highest BCUT2D eigenvalue weighted by Gasteiger charge is 2.32. The minimum Gasteiger partial charge on any atom is -0.454 e. The van der Waals surface area contributed by atoms with Gasteiger partial charge < -0.3 is 19.7 Å². The van der Waals surface area contributed by atoms with Crippen molar-refractivity contribution in [2.45, 2.75) is 52.2 Å². The van der Waals surface area contributed by atoms with E-state index in [2.05, 4.69) is 5.32 Å². The van der Waals surface area contributed by atoms with Crippen LogP contribution in [0.15, 0.2) is 42.5 Å². The van der Waals surface area contributed by atoms with Gasteiger partial charge in [-0.15, -0.1) is 0 Å². The molecule has 2 aromatic carbocycles.